The largest absolute Gasteiger partial charge is 0.487 e. The second-order valence-corrected chi connectivity index (χ2v) is 8.21. The molecule has 0 saturated heterocycles. The van der Waals surface area contributed by atoms with Crippen LogP contribution in [0.2, 0.25) is 0 Å². The van der Waals surface area contributed by atoms with Crippen LogP contribution in [0.1, 0.15) is 49.8 Å². The van der Waals surface area contributed by atoms with Gasteiger partial charge in [0.15, 0.2) is 0 Å². The number of carboxylic acids is 1. The van der Waals surface area contributed by atoms with Crippen molar-refractivity contribution in [2.45, 2.75) is 51.6 Å². The second-order valence-electron chi connectivity index (χ2n) is 8.21. The van der Waals surface area contributed by atoms with E-state index in [1.54, 1.807) is 0 Å². The molecule has 0 bridgehead atoms. The molecule has 1 aliphatic carbocycles. The van der Waals surface area contributed by atoms with E-state index in [2.05, 4.69) is 29.2 Å². The number of fused-ring (bicyclic) bond motifs is 1. The molecule has 1 aliphatic rings. The van der Waals surface area contributed by atoms with Crippen LogP contribution in [0, 0.1) is 5.41 Å². The van der Waals surface area contributed by atoms with Gasteiger partial charge in [-0.25, -0.2) is 4.98 Å². The van der Waals surface area contributed by atoms with E-state index in [1.165, 1.54) is 5.56 Å². The average molecular weight is 389 g/mol. The van der Waals surface area contributed by atoms with Crippen molar-refractivity contribution in [1.82, 2.24) is 4.98 Å². The Morgan fingerprint density at radius 1 is 1.00 bits per heavy atom. The van der Waals surface area contributed by atoms with E-state index in [0.29, 0.717) is 13.0 Å². The van der Waals surface area contributed by atoms with Crippen molar-refractivity contribution >= 4 is 16.9 Å². The number of ether oxygens (including phenoxy) is 1. The summed E-state index contributed by atoms with van der Waals surface area (Å²) in [6.45, 7) is 0.436. The lowest BCUT2D eigenvalue weighted by molar-refractivity contribution is -0.139. The maximum Gasteiger partial charge on any atom is 0.303 e. The Labute approximate surface area is 171 Å². The van der Waals surface area contributed by atoms with Crippen molar-refractivity contribution < 1.29 is 14.6 Å². The lowest BCUT2D eigenvalue weighted by Crippen LogP contribution is -2.21. The van der Waals surface area contributed by atoms with E-state index in [9.17, 15) is 9.90 Å². The number of para-hydroxylation sites is 1. The Morgan fingerprint density at radius 2 is 1.76 bits per heavy atom. The van der Waals surface area contributed by atoms with Crippen LogP contribution < -0.4 is 4.74 Å². The number of hydrogen-bond donors (Lipinski definition) is 1. The third-order valence-electron chi connectivity index (χ3n) is 6.10. The van der Waals surface area contributed by atoms with Crippen LogP contribution in [-0.2, 0) is 17.8 Å². The molecule has 0 atom stereocenters. The molecule has 0 unspecified atom stereocenters. The van der Waals surface area contributed by atoms with Gasteiger partial charge in [-0.2, -0.15) is 0 Å². The molecule has 1 heterocycles. The minimum Gasteiger partial charge on any atom is -0.487 e. The summed E-state index contributed by atoms with van der Waals surface area (Å²) >= 11 is 0. The van der Waals surface area contributed by atoms with Gasteiger partial charge in [0.1, 0.15) is 12.4 Å². The fourth-order valence-corrected chi connectivity index (χ4v) is 4.47. The molecule has 29 heavy (non-hydrogen) atoms. The third kappa shape index (κ3) is 4.94. The highest BCUT2D eigenvalue weighted by atomic mass is 16.5. The number of carbonyl (C=O) groups is 1. The molecular weight excluding hydrogens is 362 g/mol. The maximum absolute atomic E-state index is 11.3. The van der Waals surface area contributed by atoms with Crippen LogP contribution in [0.25, 0.3) is 10.9 Å². The lowest BCUT2D eigenvalue weighted by atomic mass is 9.77. The standard InChI is InChI=1S/C25H27NO3/c27-24(28)17-25(14-3-4-15-25)16-13-19-7-11-22(12-8-19)29-18-21-10-9-20-5-1-2-6-23(20)26-21/h1-2,5-12H,3-4,13-18H2,(H,27,28). The molecule has 1 fully saturated rings. The fraction of sp³-hybridized carbons (Fsp3) is 0.360. The van der Waals surface area contributed by atoms with E-state index in [1.807, 2.05) is 36.4 Å². The van der Waals surface area contributed by atoms with Crippen molar-refractivity contribution in [3.63, 3.8) is 0 Å². The zero-order valence-electron chi connectivity index (χ0n) is 16.6. The second kappa shape index (κ2) is 8.64. The first kappa shape index (κ1) is 19.4. The van der Waals surface area contributed by atoms with E-state index in [-0.39, 0.29) is 5.41 Å². The number of aliphatic carboxylic acids is 1. The van der Waals surface area contributed by atoms with Gasteiger partial charge in [0, 0.05) is 5.39 Å². The zero-order valence-corrected chi connectivity index (χ0v) is 16.6. The normalized spacial score (nSPS) is 15.4. The predicted molar refractivity (Wildman–Crippen MR) is 114 cm³/mol. The minimum absolute atomic E-state index is 0.0112. The first-order valence-corrected chi connectivity index (χ1v) is 10.4. The molecule has 0 amide bonds. The van der Waals surface area contributed by atoms with Gasteiger partial charge in [-0.3, -0.25) is 4.79 Å². The summed E-state index contributed by atoms with van der Waals surface area (Å²) in [6.07, 6.45) is 6.55. The summed E-state index contributed by atoms with van der Waals surface area (Å²) in [7, 11) is 0. The lowest BCUT2D eigenvalue weighted by Gasteiger charge is -2.27. The number of nitrogens with zero attached hydrogens (tertiary/aromatic N) is 1. The van der Waals surface area contributed by atoms with E-state index < -0.39 is 5.97 Å². The SMILES string of the molecule is O=C(O)CC1(CCc2ccc(OCc3ccc4ccccc4n3)cc2)CCCC1. The Kier molecular flexibility index (Phi) is 5.79. The molecule has 1 saturated carbocycles. The topological polar surface area (TPSA) is 59.4 Å². The van der Waals surface area contributed by atoms with Crippen LogP contribution in [-0.4, -0.2) is 16.1 Å². The summed E-state index contributed by atoms with van der Waals surface area (Å²) in [5.74, 6) is 0.155. The Balaban J connectivity index is 1.33. The number of pyridine rings is 1. The number of benzene rings is 2. The first-order chi connectivity index (χ1) is 14.1. The van der Waals surface area contributed by atoms with Gasteiger partial charge < -0.3 is 9.84 Å². The summed E-state index contributed by atoms with van der Waals surface area (Å²) in [5.41, 5.74) is 3.11. The molecule has 4 rings (SSSR count). The highest BCUT2D eigenvalue weighted by Crippen LogP contribution is 2.44. The molecule has 2 aromatic carbocycles. The van der Waals surface area contributed by atoms with Crippen molar-refractivity contribution in [3.05, 3.63) is 71.9 Å². The highest BCUT2D eigenvalue weighted by molar-refractivity contribution is 5.78. The van der Waals surface area contributed by atoms with Crippen molar-refractivity contribution in [2.75, 3.05) is 0 Å². The van der Waals surface area contributed by atoms with Crippen molar-refractivity contribution in [2.24, 2.45) is 5.41 Å². The van der Waals surface area contributed by atoms with Crippen molar-refractivity contribution in [3.8, 4) is 5.75 Å². The van der Waals surface area contributed by atoms with Crippen LogP contribution >= 0.6 is 0 Å². The number of aromatic nitrogens is 1. The van der Waals surface area contributed by atoms with Gasteiger partial charge >= 0.3 is 5.97 Å². The molecule has 4 nitrogen and oxygen atoms in total. The predicted octanol–water partition coefficient (Wildman–Crippen LogP) is 5.78. The third-order valence-corrected chi connectivity index (χ3v) is 6.10. The molecule has 0 aliphatic heterocycles. The first-order valence-electron chi connectivity index (χ1n) is 10.4. The Bertz CT molecular complexity index is 975. The number of carboxylic acid groups (broad SMARTS) is 1. The molecule has 0 radical (unpaired) electrons. The number of hydrogen-bond acceptors (Lipinski definition) is 3. The fourth-order valence-electron chi connectivity index (χ4n) is 4.47. The average Bonchev–Trinajstić information content (AvgIpc) is 3.19. The zero-order chi connectivity index (χ0) is 20.1. The van der Waals surface area contributed by atoms with Gasteiger partial charge in [0.25, 0.3) is 0 Å². The van der Waals surface area contributed by atoms with Gasteiger partial charge in [0.05, 0.1) is 17.6 Å². The Hall–Kier alpha value is -2.88. The van der Waals surface area contributed by atoms with Crippen LogP contribution in [0.4, 0.5) is 0 Å². The van der Waals surface area contributed by atoms with Gasteiger partial charge in [-0.05, 0) is 60.9 Å². The molecular formula is C25H27NO3. The van der Waals surface area contributed by atoms with Gasteiger partial charge in [0.2, 0.25) is 0 Å². The molecule has 150 valence electrons. The smallest absolute Gasteiger partial charge is 0.303 e. The van der Waals surface area contributed by atoms with Crippen LogP contribution in [0.3, 0.4) is 0 Å². The summed E-state index contributed by atoms with van der Waals surface area (Å²) in [6, 6.07) is 20.3. The quantitative estimate of drug-likeness (QED) is 0.530. The summed E-state index contributed by atoms with van der Waals surface area (Å²) in [5, 5.41) is 10.4. The molecule has 0 spiro atoms. The van der Waals surface area contributed by atoms with Crippen LogP contribution in [0.15, 0.2) is 60.7 Å². The molecule has 1 aromatic heterocycles. The van der Waals surface area contributed by atoms with Gasteiger partial charge in [-0.15, -0.1) is 0 Å². The van der Waals surface area contributed by atoms with E-state index in [4.69, 9.17) is 4.74 Å². The molecule has 1 N–H and O–H groups in total. The molecule has 4 heteroatoms. The number of rotatable bonds is 8. The number of aryl methyl sites for hydroxylation is 1. The Morgan fingerprint density at radius 3 is 2.52 bits per heavy atom. The van der Waals surface area contributed by atoms with E-state index >= 15 is 0 Å². The minimum atomic E-state index is -0.669. The van der Waals surface area contributed by atoms with E-state index in [0.717, 1.165) is 60.9 Å². The van der Waals surface area contributed by atoms with Crippen molar-refractivity contribution in [1.29, 1.82) is 0 Å². The monoisotopic (exact) mass is 389 g/mol. The molecule has 3 aromatic rings. The summed E-state index contributed by atoms with van der Waals surface area (Å²) in [4.78, 5) is 15.9. The van der Waals surface area contributed by atoms with Crippen LogP contribution in [0.5, 0.6) is 5.75 Å². The maximum atomic E-state index is 11.3. The highest BCUT2D eigenvalue weighted by Gasteiger charge is 2.35. The summed E-state index contributed by atoms with van der Waals surface area (Å²) < 4.78 is 5.91. The van der Waals surface area contributed by atoms with Gasteiger partial charge in [-0.1, -0.05) is 49.2 Å².